The van der Waals surface area contributed by atoms with Crippen LogP contribution >= 0.6 is 0 Å². The van der Waals surface area contributed by atoms with E-state index in [2.05, 4.69) is 67.7 Å². The van der Waals surface area contributed by atoms with Gasteiger partial charge in [-0.05, 0) is 49.3 Å². The molecular formula is C21H27NO. The molecule has 0 unspecified atom stereocenters. The van der Waals surface area contributed by atoms with Crippen molar-refractivity contribution in [2.24, 2.45) is 0 Å². The molecule has 0 aromatic heterocycles. The molecule has 0 saturated carbocycles. The zero-order valence-corrected chi connectivity index (χ0v) is 14.3. The third-order valence-electron chi connectivity index (χ3n) is 4.12. The third-order valence-corrected chi connectivity index (χ3v) is 4.12. The van der Waals surface area contributed by atoms with Gasteiger partial charge in [0.2, 0.25) is 5.91 Å². The number of benzene rings is 2. The summed E-state index contributed by atoms with van der Waals surface area (Å²) in [7, 11) is 0. The first-order chi connectivity index (χ1) is 11.2. The summed E-state index contributed by atoms with van der Waals surface area (Å²) in [5, 5.41) is 3.02. The molecule has 23 heavy (non-hydrogen) atoms. The first-order valence-electron chi connectivity index (χ1n) is 8.57. The van der Waals surface area contributed by atoms with Crippen LogP contribution in [0.2, 0.25) is 0 Å². The summed E-state index contributed by atoms with van der Waals surface area (Å²) in [5.41, 5.74) is 5.21. The van der Waals surface area contributed by atoms with Crippen LogP contribution in [0.1, 0.15) is 42.0 Å². The Hall–Kier alpha value is -2.09. The van der Waals surface area contributed by atoms with Gasteiger partial charge in [0.15, 0.2) is 0 Å². The lowest BCUT2D eigenvalue weighted by Crippen LogP contribution is -2.24. The Balaban J connectivity index is 1.63. The standard InChI is InChI=1S/C21H27NO/c1-3-18-9-11-19(12-10-18)13-14-21(23)22-15-5-8-20-7-4-6-17(2)16-20/h4,6-7,9-12,16H,3,5,8,13-15H2,1-2H3,(H,22,23). The Morgan fingerprint density at radius 1 is 0.957 bits per heavy atom. The molecule has 0 aliphatic carbocycles. The van der Waals surface area contributed by atoms with Crippen molar-refractivity contribution in [3.05, 3.63) is 70.8 Å². The van der Waals surface area contributed by atoms with Crippen LogP contribution in [0.3, 0.4) is 0 Å². The zero-order chi connectivity index (χ0) is 16.5. The van der Waals surface area contributed by atoms with Crippen molar-refractivity contribution in [2.75, 3.05) is 6.54 Å². The lowest BCUT2D eigenvalue weighted by molar-refractivity contribution is -0.121. The fourth-order valence-electron chi connectivity index (χ4n) is 2.68. The molecule has 0 fully saturated rings. The number of amides is 1. The van der Waals surface area contributed by atoms with E-state index >= 15 is 0 Å². The highest BCUT2D eigenvalue weighted by molar-refractivity contribution is 5.76. The van der Waals surface area contributed by atoms with Crippen molar-refractivity contribution in [2.45, 2.75) is 46.0 Å². The SMILES string of the molecule is CCc1ccc(CCC(=O)NCCCc2cccc(C)c2)cc1. The van der Waals surface area contributed by atoms with E-state index < -0.39 is 0 Å². The van der Waals surface area contributed by atoms with Crippen LogP contribution in [0.4, 0.5) is 0 Å². The third kappa shape index (κ3) is 6.27. The van der Waals surface area contributed by atoms with Crippen LogP contribution in [-0.4, -0.2) is 12.5 Å². The molecule has 2 nitrogen and oxygen atoms in total. The van der Waals surface area contributed by atoms with Gasteiger partial charge in [0, 0.05) is 13.0 Å². The predicted octanol–water partition coefficient (Wildman–Crippen LogP) is 4.24. The molecule has 0 atom stereocenters. The topological polar surface area (TPSA) is 29.1 Å². The Labute approximate surface area is 139 Å². The van der Waals surface area contributed by atoms with Crippen molar-refractivity contribution in [3.8, 4) is 0 Å². The number of hydrogen-bond acceptors (Lipinski definition) is 1. The van der Waals surface area contributed by atoms with Crippen molar-refractivity contribution < 1.29 is 4.79 Å². The van der Waals surface area contributed by atoms with Crippen LogP contribution in [-0.2, 0) is 24.1 Å². The quantitative estimate of drug-likeness (QED) is 0.726. The maximum Gasteiger partial charge on any atom is 0.220 e. The maximum atomic E-state index is 11.9. The number of hydrogen-bond donors (Lipinski definition) is 1. The van der Waals surface area contributed by atoms with Gasteiger partial charge in [-0.2, -0.15) is 0 Å². The molecule has 0 saturated heterocycles. The monoisotopic (exact) mass is 309 g/mol. The number of nitrogens with one attached hydrogen (secondary N) is 1. The van der Waals surface area contributed by atoms with E-state index in [0.29, 0.717) is 6.42 Å². The number of carbonyl (C=O) groups excluding carboxylic acids is 1. The van der Waals surface area contributed by atoms with Gasteiger partial charge in [0.1, 0.15) is 0 Å². The summed E-state index contributed by atoms with van der Waals surface area (Å²) >= 11 is 0. The van der Waals surface area contributed by atoms with Gasteiger partial charge >= 0.3 is 0 Å². The summed E-state index contributed by atoms with van der Waals surface area (Å²) in [6.07, 6.45) is 4.44. The van der Waals surface area contributed by atoms with E-state index in [1.807, 2.05) is 0 Å². The van der Waals surface area contributed by atoms with Crippen LogP contribution in [0, 0.1) is 6.92 Å². The largest absolute Gasteiger partial charge is 0.356 e. The minimum absolute atomic E-state index is 0.147. The number of carbonyl (C=O) groups is 1. The summed E-state index contributed by atoms with van der Waals surface area (Å²) in [6.45, 7) is 5.01. The Morgan fingerprint density at radius 2 is 1.70 bits per heavy atom. The van der Waals surface area contributed by atoms with Crippen molar-refractivity contribution >= 4 is 5.91 Å². The molecule has 0 aliphatic rings. The highest BCUT2D eigenvalue weighted by Crippen LogP contribution is 2.08. The average molecular weight is 309 g/mol. The minimum Gasteiger partial charge on any atom is -0.356 e. The summed E-state index contributed by atoms with van der Waals surface area (Å²) in [5.74, 6) is 0.147. The second kappa shape index (κ2) is 9.14. The fraction of sp³-hybridized carbons (Fsp3) is 0.381. The summed E-state index contributed by atoms with van der Waals surface area (Å²) < 4.78 is 0. The van der Waals surface area contributed by atoms with E-state index in [1.165, 1.54) is 22.3 Å². The molecule has 2 rings (SSSR count). The Kier molecular flexibility index (Phi) is 6.86. The Morgan fingerprint density at radius 3 is 2.39 bits per heavy atom. The van der Waals surface area contributed by atoms with Gasteiger partial charge < -0.3 is 5.32 Å². The lowest BCUT2D eigenvalue weighted by Gasteiger charge is -2.06. The van der Waals surface area contributed by atoms with Gasteiger partial charge in [-0.1, -0.05) is 61.0 Å². The number of rotatable bonds is 8. The highest BCUT2D eigenvalue weighted by Gasteiger charge is 2.02. The summed E-state index contributed by atoms with van der Waals surface area (Å²) in [4.78, 5) is 11.9. The summed E-state index contributed by atoms with van der Waals surface area (Å²) in [6, 6.07) is 17.1. The molecule has 2 heteroatoms. The van der Waals surface area contributed by atoms with E-state index in [4.69, 9.17) is 0 Å². The van der Waals surface area contributed by atoms with Crippen LogP contribution < -0.4 is 5.32 Å². The van der Waals surface area contributed by atoms with Crippen molar-refractivity contribution in [3.63, 3.8) is 0 Å². The van der Waals surface area contributed by atoms with E-state index in [-0.39, 0.29) is 5.91 Å². The van der Waals surface area contributed by atoms with Gasteiger partial charge in [0.25, 0.3) is 0 Å². The van der Waals surface area contributed by atoms with Crippen molar-refractivity contribution in [1.29, 1.82) is 0 Å². The van der Waals surface area contributed by atoms with Crippen molar-refractivity contribution in [1.82, 2.24) is 5.32 Å². The molecule has 0 radical (unpaired) electrons. The first kappa shape index (κ1) is 17.3. The molecule has 0 spiro atoms. The Bertz CT molecular complexity index is 616. The first-order valence-corrected chi connectivity index (χ1v) is 8.57. The van der Waals surface area contributed by atoms with Gasteiger partial charge in [-0.15, -0.1) is 0 Å². The smallest absolute Gasteiger partial charge is 0.220 e. The number of aryl methyl sites for hydroxylation is 4. The van der Waals surface area contributed by atoms with Gasteiger partial charge in [-0.25, -0.2) is 0 Å². The van der Waals surface area contributed by atoms with Crippen LogP contribution in [0.5, 0.6) is 0 Å². The molecule has 122 valence electrons. The van der Waals surface area contributed by atoms with Crippen LogP contribution in [0.25, 0.3) is 0 Å². The van der Waals surface area contributed by atoms with E-state index in [9.17, 15) is 4.79 Å². The zero-order valence-electron chi connectivity index (χ0n) is 14.3. The second-order valence-electron chi connectivity index (χ2n) is 6.11. The maximum absolute atomic E-state index is 11.9. The van der Waals surface area contributed by atoms with E-state index in [1.54, 1.807) is 0 Å². The molecule has 0 aliphatic heterocycles. The molecule has 2 aromatic rings. The molecule has 1 amide bonds. The molecule has 1 N–H and O–H groups in total. The van der Waals surface area contributed by atoms with E-state index in [0.717, 1.165) is 32.2 Å². The van der Waals surface area contributed by atoms with Gasteiger partial charge in [0.05, 0.1) is 0 Å². The lowest BCUT2D eigenvalue weighted by atomic mass is 10.1. The molecule has 0 heterocycles. The van der Waals surface area contributed by atoms with Gasteiger partial charge in [-0.3, -0.25) is 4.79 Å². The molecule has 0 bridgehead atoms. The molecular weight excluding hydrogens is 282 g/mol. The second-order valence-corrected chi connectivity index (χ2v) is 6.11. The van der Waals surface area contributed by atoms with Crippen LogP contribution in [0.15, 0.2) is 48.5 Å². The normalized spacial score (nSPS) is 10.5. The fourth-order valence-corrected chi connectivity index (χ4v) is 2.68. The predicted molar refractivity (Wildman–Crippen MR) is 96.7 cm³/mol. The average Bonchev–Trinajstić information content (AvgIpc) is 2.57. The minimum atomic E-state index is 0.147. The highest BCUT2D eigenvalue weighted by atomic mass is 16.1. The molecule has 2 aromatic carbocycles.